The van der Waals surface area contributed by atoms with Crippen LogP contribution in [0.5, 0.6) is 0 Å². The Balaban J connectivity index is 1.57. The van der Waals surface area contributed by atoms with E-state index in [1.807, 2.05) is 13.0 Å². The number of rotatable bonds is 5. The first-order valence-corrected chi connectivity index (χ1v) is 8.59. The number of carbonyl (C=O) groups excluding carboxylic acids is 1. The third-order valence-electron chi connectivity index (χ3n) is 4.43. The van der Waals surface area contributed by atoms with E-state index in [-0.39, 0.29) is 17.8 Å². The van der Waals surface area contributed by atoms with Crippen molar-refractivity contribution in [1.82, 2.24) is 20.1 Å². The molecule has 1 aliphatic rings. The van der Waals surface area contributed by atoms with Gasteiger partial charge in [0.2, 0.25) is 5.91 Å². The summed E-state index contributed by atoms with van der Waals surface area (Å²) in [6.45, 7) is 2.85. The van der Waals surface area contributed by atoms with Crippen molar-refractivity contribution in [3.63, 3.8) is 0 Å². The molecule has 1 aromatic carbocycles. The van der Waals surface area contributed by atoms with Gasteiger partial charge in [-0.1, -0.05) is 18.6 Å². The van der Waals surface area contributed by atoms with Crippen LogP contribution < -0.4 is 5.32 Å². The predicted molar refractivity (Wildman–Crippen MR) is 88.9 cm³/mol. The molecule has 2 heterocycles. The molecule has 2 aromatic rings. The zero-order valence-corrected chi connectivity index (χ0v) is 14.0. The van der Waals surface area contributed by atoms with Crippen molar-refractivity contribution in [2.24, 2.45) is 0 Å². The Morgan fingerprint density at radius 1 is 1.33 bits per heavy atom. The minimum Gasteiger partial charge on any atom is -0.346 e. The molecule has 0 bridgehead atoms. The van der Waals surface area contributed by atoms with Crippen molar-refractivity contribution in [3.05, 3.63) is 47.3 Å². The van der Waals surface area contributed by atoms with Gasteiger partial charge in [-0.25, -0.2) is 4.39 Å². The van der Waals surface area contributed by atoms with Crippen molar-refractivity contribution in [3.8, 4) is 0 Å². The molecule has 1 aliphatic heterocycles. The number of fused-ring (bicyclic) bond motifs is 1. The fourth-order valence-electron chi connectivity index (χ4n) is 3.16. The van der Waals surface area contributed by atoms with Crippen LogP contribution >= 0.6 is 0 Å². The Bertz CT molecular complexity index is 713. The minimum absolute atomic E-state index is 0.0577. The lowest BCUT2D eigenvalue weighted by Crippen LogP contribution is -2.29. The number of halogens is 1. The van der Waals surface area contributed by atoms with E-state index in [0.717, 1.165) is 43.0 Å². The second-order valence-electron chi connectivity index (χ2n) is 6.36. The van der Waals surface area contributed by atoms with E-state index in [2.05, 4.69) is 20.1 Å². The van der Waals surface area contributed by atoms with E-state index in [0.29, 0.717) is 12.8 Å². The summed E-state index contributed by atoms with van der Waals surface area (Å²) in [7, 11) is 0. The van der Waals surface area contributed by atoms with Crippen LogP contribution in [0.4, 0.5) is 4.39 Å². The van der Waals surface area contributed by atoms with Crippen molar-refractivity contribution in [2.75, 3.05) is 0 Å². The van der Waals surface area contributed by atoms with Crippen LogP contribution in [0.15, 0.2) is 24.3 Å². The van der Waals surface area contributed by atoms with Gasteiger partial charge in [0.25, 0.3) is 0 Å². The highest BCUT2D eigenvalue weighted by atomic mass is 19.1. The van der Waals surface area contributed by atoms with Gasteiger partial charge in [0, 0.05) is 19.4 Å². The fourth-order valence-corrected chi connectivity index (χ4v) is 3.16. The average molecular weight is 330 g/mol. The van der Waals surface area contributed by atoms with E-state index >= 15 is 0 Å². The number of hydrogen-bond acceptors (Lipinski definition) is 3. The second-order valence-corrected chi connectivity index (χ2v) is 6.36. The standard InChI is InChI=1S/C18H23FN4O/c1-13(18-22-21-16-8-3-2-4-11-23(16)18)20-17(24)10-9-14-6-5-7-15(19)12-14/h5-7,12-13H,2-4,8-11H2,1H3,(H,20,24)/t13-/m1/s1. The molecule has 128 valence electrons. The topological polar surface area (TPSA) is 59.8 Å². The molecular formula is C18H23FN4O. The molecule has 0 fully saturated rings. The van der Waals surface area contributed by atoms with Gasteiger partial charge < -0.3 is 9.88 Å². The van der Waals surface area contributed by atoms with Gasteiger partial charge in [-0.15, -0.1) is 10.2 Å². The Kier molecular flexibility index (Phi) is 5.23. The maximum Gasteiger partial charge on any atom is 0.220 e. The Morgan fingerprint density at radius 3 is 3.04 bits per heavy atom. The van der Waals surface area contributed by atoms with Gasteiger partial charge >= 0.3 is 0 Å². The summed E-state index contributed by atoms with van der Waals surface area (Å²) in [5.74, 6) is 1.51. The molecule has 0 unspecified atom stereocenters. The molecule has 1 aromatic heterocycles. The van der Waals surface area contributed by atoms with Crippen LogP contribution in [-0.4, -0.2) is 20.7 Å². The van der Waals surface area contributed by atoms with Crippen LogP contribution in [0.2, 0.25) is 0 Å². The molecule has 1 atom stereocenters. The van der Waals surface area contributed by atoms with Gasteiger partial charge in [0.05, 0.1) is 6.04 Å². The maximum absolute atomic E-state index is 13.2. The van der Waals surface area contributed by atoms with Gasteiger partial charge in [0.15, 0.2) is 5.82 Å². The molecule has 3 rings (SSSR count). The molecule has 0 spiro atoms. The third kappa shape index (κ3) is 3.99. The first-order chi connectivity index (χ1) is 11.6. The average Bonchev–Trinajstić information content (AvgIpc) is 2.82. The van der Waals surface area contributed by atoms with Gasteiger partial charge in [0.1, 0.15) is 11.6 Å². The van der Waals surface area contributed by atoms with Crippen LogP contribution in [-0.2, 0) is 24.2 Å². The summed E-state index contributed by atoms with van der Waals surface area (Å²) in [5, 5.41) is 11.5. The quantitative estimate of drug-likeness (QED) is 0.917. The number of carbonyl (C=O) groups is 1. The van der Waals surface area contributed by atoms with Crippen LogP contribution in [0, 0.1) is 5.82 Å². The lowest BCUT2D eigenvalue weighted by molar-refractivity contribution is -0.121. The van der Waals surface area contributed by atoms with Gasteiger partial charge in [-0.2, -0.15) is 0 Å². The number of aryl methyl sites for hydroxylation is 2. The Labute approximate surface area is 141 Å². The summed E-state index contributed by atoms with van der Waals surface area (Å²) < 4.78 is 15.3. The first-order valence-electron chi connectivity index (χ1n) is 8.59. The first kappa shape index (κ1) is 16.6. The molecule has 0 radical (unpaired) electrons. The zero-order valence-electron chi connectivity index (χ0n) is 14.0. The number of nitrogens with zero attached hydrogens (tertiary/aromatic N) is 3. The largest absolute Gasteiger partial charge is 0.346 e. The molecule has 1 N–H and O–H groups in total. The van der Waals surface area contributed by atoms with Crippen molar-refractivity contribution < 1.29 is 9.18 Å². The molecule has 6 heteroatoms. The number of aromatic nitrogens is 3. The molecule has 1 amide bonds. The van der Waals surface area contributed by atoms with Crippen molar-refractivity contribution in [1.29, 1.82) is 0 Å². The monoisotopic (exact) mass is 330 g/mol. The number of hydrogen-bond donors (Lipinski definition) is 1. The fraction of sp³-hybridized carbons (Fsp3) is 0.500. The van der Waals surface area contributed by atoms with Crippen LogP contribution in [0.3, 0.4) is 0 Å². The smallest absolute Gasteiger partial charge is 0.220 e. The van der Waals surface area contributed by atoms with E-state index in [9.17, 15) is 9.18 Å². The molecule has 0 saturated carbocycles. The molecule has 0 saturated heterocycles. The highest BCUT2D eigenvalue weighted by Crippen LogP contribution is 2.18. The number of nitrogens with one attached hydrogen (secondary N) is 1. The lowest BCUT2D eigenvalue weighted by atomic mass is 10.1. The molecule has 24 heavy (non-hydrogen) atoms. The molecular weight excluding hydrogens is 307 g/mol. The van der Waals surface area contributed by atoms with Crippen molar-refractivity contribution >= 4 is 5.91 Å². The summed E-state index contributed by atoms with van der Waals surface area (Å²) >= 11 is 0. The predicted octanol–water partition coefficient (Wildman–Crippen LogP) is 2.95. The van der Waals surface area contributed by atoms with Crippen LogP contribution in [0.25, 0.3) is 0 Å². The van der Waals surface area contributed by atoms with E-state index in [1.54, 1.807) is 6.07 Å². The summed E-state index contributed by atoms with van der Waals surface area (Å²) in [4.78, 5) is 12.2. The van der Waals surface area contributed by atoms with E-state index in [4.69, 9.17) is 0 Å². The SMILES string of the molecule is C[C@@H](NC(=O)CCc1cccc(F)c1)c1nnc2n1CCCCC2. The number of amides is 1. The highest BCUT2D eigenvalue weighted by molar-refractivity contribution is 5.76. The van der Waals surface area contributed by atoms with Gasteiger partial charge in [-0.3, -0.25) is 4.79 Å². The maximum atomic E-state index is 13.2. The van der Waals surface area contributed by atoms with E-state index in [1.165, 1.54) is 18.6 Å². The normalized spacial score (nSPS) is 15.4. The summed E-state index contributed by atoms with van der Waals surface area (Å²) in [6.07, 6.45) is 5.28. The summed E-state index contributed by atoms with van der Waals surface area (Å²) in [5.41, 5.74) is 0.828. The third-order valence-corrected chi connectivity index (χ3v) is 4.43. The van der Waals surface area contributed by atoms with Crippen LogP contribution in [0.1, 0.15) is 55.9 Å². The molecule has 5 nitrogen and oxygen atoms in total. The Morgan fingerprint density at radius 2 is 2.21 bits per heavy atom. The lowest BCUT2D eigenvalue weighted by Gasteiger charge is -2.15. The summed E-state index contributed by atoms with van der Waals surface area (Å²) in [6, 6.07) is 6.19. The highest BCUT2D eigenvalue weighted by Gasteiger charge is 2.20. The number of benzene rings is 1. The van der Waals surface area contributed by atoms with Gasteiger partial charge in [-0.05, 0) is 43.9 Å². The van der Waals surface area contributed by atoms with E-state index < -0.39 is 0 Å². The Hall–Kier alpha value is -2.24. The zero-order chi connectivity index (χ0) is 16.9. The minimum atomic E-state index is -0.271. The van der Waals surface area contributed by atoms with Crippen molar-refractivity contribution in [2.45, 2.75) is 58.0 Å². The molecule has 0 aliphatic carbocycles. The second kappa shape index (κ2) is 7.55.